The standard InChI is InChI=1S/C13H21N3O/c1-9-4-5-11(6-10(9)2)17-13-7-12(14-3)15-8-16-13/h7-11H,4-6H2,1-3H3,(H,14,15,16). The predicted octanol–water partition coefficient (Wildman–Crippen LogP) is 2.72. The Morgan fingerprint density at radius 3 is 2.76 bits per heavy atom. The maximum Gasteiger partial charge on any atom is 0.218 e. The summed E-state index contributed by atoms with van der Waals surface area (Å²) in [7, 11) is 1.84. The van der Waals surface area contributed by atoms with Gasteiger partial charge in [-0.05, 0) is 31.1 Å². The maximum atomic E-state index is 5.93. The lowest BCUT2D eigenvalue weighted by molar-refractivity contribution is 0.0964. The van der Waals surface area contributed by atoms with Gasteiger partial charge in [-0.3, -0.25) is 0 Å². The van der Waals surface area contributed by atoms with Crippen molar-refractivity contribution in [2.45, 2.75) is 39.2 Å². The lowest BCUT2D eigenvalue weighted by atomic mass is 9.80. The molecule has 0 saturated heterocycles. The molecular formula is C13H21N3O. The second kappa shape index (κ2) is 5.34. The topological polar surface area (TPSA) is 47.0 Å². The van der Waals surface area contributed by atoms with Gasteiger partial charge in [-0.25, -0.2) is 9.97 Å². The first-order chi connectivity index (χ1) is 8.19. The van der Waals surface area contributed by atoms with E-state index >= 15 is 0 Å². The van der Waals surface area contributed by atoms with Crippen molar-refractivity contribution in [2.75, 3.05) is 12.4 Å². The second-order valence-corrected chi connectivity index (χ2v) is 5.00. The molecule has 0 aromatic carbocycles. The van der Waals surface area contributed by atoms with E-state index in [1.54, 1.807) is 0 Å². The molecule has 1 aromatic rings. The fourth-order valence-electron chi connectivity index (χ4n) is 2.32. The van der Waals surface area contributed by atoms with Gasteiger partial charge in [0.2, 0.25) is 5.88 Å². The highest BCUT2D eigenvalue weighted by molar-refractivity contribution is 5.36. The highest BCUT2D eigenvalue weighted by Gasteiger charge is 2.25. The molecule has 4 heteroatoms. The summed E-state index contributed by atoms with van der Waals surface area (Å²) in [5, 5.41) is 2.99. The van der Waals surface area contributed by atoms with Gasteiger partial charge in [0.15, 0.2) is 0 Å². The van der Waals surface area contributed by atoms with E-state index in [2.05, 4.69) is 29.1 Å². The van der Waals surface area contributed by atoms with Crippen molar-refractivity contribution in [3.8, 4) is 5.88 Å². The molecule has 0 amide bonds. The summed E-state index contributed by atoms with van der Waals surface area (Å²) in [6, 6.07) is 1.85. The van der Waals surface area contributed by atoms with Crippen molar-refractivity contribution < 1.29 is 4.74 Å². The molecule has 1 saturated carbocycles. The third kappa shape index (κ3) is 3.08. The number of anilines is 1. The molecule has 1 aliphatic rings. The Kier molecular flexibility index (Phi) is 3.82. The van der Waals surface area contributed by atoms with Gasteiger partial charge >= 0.3 is 0 Å². The average molecular weight is 235 g/mol. The summed E-state index contributed by atoms with van der Waals surface area (Å²) in [6.45, 7) is 4.63. The summed E-state index contributed by atoms with van der Waals surface area (Å²) in [6.07, 6.45) is 5.34. The van der Waals surface area contributed by atoms with Crippen LogP contribution in [0.1, 0.15) is 33.1 Å². The summed E-state index contributed by atoms with van der Waals surface area (Å²) in [5.41, 5.74) is 0. The molecule has 94 valence electrons. The van der Waals surface area contributed by atoms with Crippen molar-refractivity contribution in [1.82, 2.24) is 9.97 Å². The van der Waals surface area contributed by atoms with Gasteiger partial charge in [0.25, 0.3) is 0 Å². The third-order valence-electron chi connectivity index (χ3n) is 3.74. The van der Waals surface area contributed by atoms with Crippen LogP contribution in [0.4, 0.5) is 5.82 Å². The molecule has 17 heavy (non-hydrogen) atoms. The molecule has 3 unspecified atom stereocenters. The minimum absolute atomic E-state index is 0.306. The number of rotatable bonds is 3. The highest BCUT2D eigenvalue weighted by Crippen LogP contribution is 2.31. The first-order valence-corrected chi connectivity index (χ1v) is 6.35. The fourth-order valence-corrected chi connectivity index (χ4v) is 2.32. The number of hydrogen-bond donors (Lipinski definition) is 1. The second-order valence-electron chi connectivity index (χ2n) is 5.00. The van der Waals surface area contributed by atoms with Gasteiger partial charge in [0, 0.05) is 13.1 Å². The third-order valence-corrected chi connectivity index (χ3v) is 3.74. The Balaban J connectivity index is 1.96. The van der Waals surface area contributed by atoms with Gasteiger partial charge in [-0.1, -0.05) is 13.8 Å². The molecule has 1 N–H and O–H groups in total. The molecule has 1 aromatic heterocycles. The average Bonchev–Trinajstić information content (AvgIpc) is 2.34. The van der Waals surface area contributed by atoms with E-state index in [4.69, 9.17) is 4.74 Å². The highest BCUT2D eigenvalue weighted by atomic mass is 16.5. The largest absolute Gasteiger partial charge is 0.474 e. The zero-order valence-electron chi connectivity index (χ0n) is 10.8. The van der Waals surface area contributed by atoms with Crippen LogP contribution in [0.2, 0.25) is 0 Å². The summed E-state index contributed by atoms with van der Waals surface area (Å²) in [5.74, 6) is 3.02. The van der Waals surface area contributed by atoms with Crippen LogP contribution in [-0.2, 0) is 0 Å². The Bertz CT molecular complexity index is 369. The number of aromatic nitrogens is 2. The van der Waals surface area contributed by atoms with Crippen LogP contribution in [0, 0.1) is 11.8 Å². The van der Waals surface area contributed by atoms with Crippen LogP contribution in [0.3, 0.4) is 0 Å². The fraction of sp³-hybridized carbons (Fsp3) is 0.692. The van der Waals surface area contributed by atoms with E-state index in [0.717, 1.165) is 30.5 Å². The van der Waals surface area contributed by atoms with Gasteiger partial charge in [0.1, 0.15) is 18.2 Å². The first-order valence-electron chi connectivity index (χ1n) is 6.35. The molecule has 0 bridgehead atoms. The first kappa shape index (κ1) is 12.1. The van der Waals surface area contributed by atoms with Crippen LogP contribution < -0.4 is 10.1 Å². The number of nitrogens with zero attached hydrogens (tertiary/aromatic N) is 2. The number of hydrogen-bond acceptors (Lipinski definition) is 4. The van der Waals surface area contributed by atoms with E-state index in [-0.39, 0.29) is 0 Å². The summed E-state index contributed by atoms with van der Waals surface area (Å²) < 4.78 is 5.93. The Morgan fingerprint density at radius 1 is 1.24 bits per heavy atom. The molecule has 2 rings (SSSR count). The van der Waals surface area contributed by atoms with E-state index in [1.807, 2.05) is 13.1 Å². The SMILES string of the molecule is CNc1cc(OC2CCC(C)C(C)C2)ncn1. The molecule has 0 spiro atoms. The normalized spacial score (nSPS) is 28.8. The van der Waals surface area contributed by atoms with Crippen molar-refractivity contribution in [3.05, 3.63) is 12.4 Å². The maximum absolute atomic E-state index is 5.93. The molecule has 0 aliphatic heterocycles. The lowest BCUT2D eigenvalue weighted by Crippen LogP contribution is -2.29. The van der Waals surface area contributed by atoms with Crippen LogP contribution in [0.15, 0.2) is 12.4 Å². The predicted molar refractivity (Wildman–Crippen MR) is 68.2 cm³/mol. The monoisotopic (exact) mass is 235 g/mol. The molecule has 1 fully saturated rings. The van der Waals surface area contributed by atoms with Crippen molar-refractivity contribution >= 4 is 5.82 Å². The van der Waals surface area contributed by atoms with Gasteiger partial charge in [-0.2, -0.15) is 0 Å². The van der Waals surface area contributed by atoms with Gasteiger partial charge in [-0.15, -0.1) is 0 Å². The zero-order valence-corrected chi connectivity index (χ0v) is 10.8. The zero-order chi connectivity index (χ0) is 12.3. The van der Waals surface area contributed by atoms with E-state index < -0.39 is 0 Å². The van der Waals surface area contributed by atoms with Gasteiger partial charge in [0.05, 0.1) is 0 Å². The Labute approximate surface area is 103 Å². The smallest absolute Gasteiger partial charge is 0.218 e. The van der Waals surface area contributed by atoms with Crippen LogP contribution in [-0.4, -0.2) is 23.1 Å². The molecule has 1 aliphatic carbocycles. The van der Waals surface area contributed by atoms with Crippen LogP contribution in [0.25, 0.3) is 0 Å². The minimum Gasteiger partial charge on any atom is -0.474 e. The van der Waals surface area contributed by atoms with Crippen LogP contribution in [0.5, 0.6) is 5.88 Å². The van der Waals surface area contributed by atoms with Crippen molar-refractivity contribution in [1.29, 1.82) is 0 Å². The molecule has 1 heterocycles. The summed E-state index contributed by atoms with van der Waals surface area (Å²) in [4.78, 5) is 8.23. The summed E-state index contributed by atoms with van der Waals surface area (Å²) >= 11 is 0. The van der Waals surface area contributed by atoms with E-state index in [0.29, 0.717) is 12.0 Å². The molecule has 3 atom stereocenters. The van der Waals surface area contributed by atoms with E-state index in [9.17, 15) is 0 Å². The van der Waals surface area contributed by atoms with Crippen molar-refractivity contribution in [2.24, 2.45) is 11.8 Å². The molecule has 4 nitrogen and oxygen atoms in total. The number of nitrogens with one attached hydrogen (secondary N) is 1. The van der Waals surface area contributed by atoms with E-state index in [1.165, 1.54) is 12.7 Å². The quantitative estimate of drug-likeness (QED) is 0.875. The van der Waals surface area contributed by atoms with Crippen molar-refractivity contribution in [3.63, 3.8) is 0 Å². The number of ether oxygens (including phenoxy) is 1. The lowest BCUT2D eigenvalue weighted by Gasteiger charge is -2.31. The van der Waals surface area contributed by atoms with Gasteiger partial charge < -0.3 is 10.1 Å². The molecular weight excluding hydrogens is 214 g/mol. The Hall–Kier alpha value is -1.32. The van der Waals surface area contributed by atoms with Crippen LogP contribution >= 0.6 is 0 Å². The Morgan fingerprint density at radius 2 is 2.06 bits per heavy atom. The molecule has 0 radical (unpaired) electrons. The minimum atomic E-state index is 0.306.